The summed E-state index contributed by atoms with van der Waals surface area (Å²) in [5.74, 6) is -1.53. The average Bonchev–Trinajstić information content (AvgIpc) is 2.26. The van der Waals surface area contributed by atoms with Gasteiger partial charge in [0.05, 0.1) is 24.2 Å². The van der Waals surface area contributed by atoms with Crippen LogP contribution in [0, 0.1) is 0 Å². The maximum Gasteiger partial charge on any atom is 0.442 e. The summed E-state index contributed by atoms with van der Waals surface area (Å²) in [7, 11) is 0. The molecule has 1 aromatic rings. The van der Waals surface area contributed by atoms with E-state index in [2.05, 4.69) is 10.3 Å². The largest absolute Gasteiger partial charge is 0.442 e. The van der Waals surface area contributed by atoms with Gasteiger partial charge in [-0.2, -0.15) is 13.2 Å². The van der Waals surface area contributed by atoms with Gasteiger partial charge in [-0.15, -0.1) is 0 Å². The van der Waals surface area contributed by atoms with Crippen LogP contribution in [0.4, 0.5) is 18.9 Å². The Morgan fingerprint density at radius 2 is 2.24 bits per heavy atom. The molecule has 0 fully saturated rings. The number of hydrogen-bond donors (Lipinski definition) is 2. The van der Waals surface area contributed by atoms with Crippen molar-refractivity contribution in [3.05, 3.63) is 24.0 Å². The molecule has 8 heteroatoms. The fraction of sp³-hybridized carbons (Fsp3) is 0.333. The third-order valence-electron chi connectivity index (χ3n) is 1.72. The van der Waals surface area contributed by atoms with E-state index >= 15 is 0 Å². The second kappa shape index (κ2) is 5.87. The number of carbonyl (C=O) groups excluding carboxylic acids is 1. The predicted molar refractivity (Wildman–Crippen MR) is 57.3 cm³/mol. The monoisotopic (exact) mass is 266 g/mol. The van der Waals surface area contributed by atoms with Crippen LogP contribution in [0.5, 0.6) is 0 Å². The number of nitrogens with zero attached hydrogens (tertiary/aromatic N) is 1. The van der Waals surface area contributed by atoms with E-state index in [1.165, 1.54) is 18.5 Å². The second-order valence-electron chi connectivity index (χ2n) is 2.97. The van der Waals surface area contributed by atoms with Gasteiger partial charge in [0.15, 0.2) is 0 Å². The summed E-state index contributed by atoms with van der Waals surface area (Å²) in [4.78, 5) is 14.9. The molecule has 0 saturated heterocycles. The van der Waals surface area contributed by atoms with Crippen LogP contribution < -0.4 is 5.32 Å². The summed E-state index contributed by atoms with van der Waals surface area (Å²) < 4.78 is 35.5. The van der Waals surface area contributed by atoms with Crippen LogP contribution in [0.15, 0.2) is 18.5 Å². The number of halogens is 3. The number of amides is 1. The van der Waals surface area contributed by atoms with E-state index in [1.807, 2.05) is 0 Å². The van der Waals surface area contributed by atoms with Gasteiger partial charge in [-0.05, 0) is 17.8 Å². The number of hydrogen-bond acceptors (Lipinski definition) is 4. The van der Waals surface area contributed by atoms with Crippen molar-refractivity contribution in [3.8, 4) is 0 Å². The predicted octanol–water partition coefficient (Wildman–Crippen LogP) is 1.77. The summed E-state index contributed by atoms with van der Waals surface area (Å²) in [6.45, 7) is -0.329. The van der Waals surface area contributed by atoms with Crippen molar-refractivity contribution in [3.63, 3.8) is 0 Å². The molecular formula is C9H9F3N2O2S. The van der Waals surface area contributed by atoms with Gasteiger partial charge in [-0.3, -0.25) is 9.78 Å². The average molecular weight is 266 g/mol. The Balaban J connectivity index is 2.56. The molecule has 17 heavy (non-hydrogen) atoms. The van der Waals surface area contributed by atoms with Gasteiger partial charge in [0, 0.05) is 11.8 Å². The molecule has 0 aromatic carbocycles. The zero-order valence-corrected chi connectivity index (χ0v) is 9.31. The van der Waals surface area contributed by atoms with Gasteiger partial charge in [-0.25, -0.2) is 0 Å². The van der Waals surface area contributed by atoms with E-state index in [4.69, 9.17) is 5.11 Å². The van der Waals surface area contributed by atoms with Gasteiger partial charge < -0.3 is 10.4 Å². The highest BCUT2D eigenvalue weighted by molar-refractivity contribution is 8.00. The Morgan fingerprint density at radius 3 is 2.82 bits per heavy atom. The number of aliphatic hydroxyl groups excluding tert-OH is 1. The Morgan fingerprint density at radius 1 is 1.53 bits per heavy atom. The first kappa shape index (κ1) is 13.8. The fourth-order valence-corrected chi connectivity index (χ4v) is 1.37. The van der Waals surface area contributed by atoms with E-state index < -0.39 is 28.9 Å². The highest BCUT2D eigenvalue weighted by Gasteiger charge is 2.29. The summed E-state index contributed by atoms with van der Waals surface area (Å²) in [6, 6.07) is 1.46. The molecule has 0 radical (unpaired) electrons. The standard InChI is InChI=1S/C9H9F3N2O2S/c10-9(11,12)17-5-8(16)14-7-3-13-2-1-6(7)4-15/h1-3,15H,4-5H2,(H,14,16). The molecule has 2 N–H and O–H groups in total. The smallest absolute Gasteiger partial charge is 0.392 e. The van der Waals surface area contributed by atoms with Crippen molar-refractivity contribution < 1.29 is 23.1 Å². The molecular weight excluding hydrogens is 257 g/mol. The number of aromatic nitrogens is 1. The van der Waals surface area contributed by atoms with Gasteiger partial charge >= 0.3 is 5.51 Å². The topological polar surface area (TPSA) is 62.2 Å². The minimum atomic E-state index is -4.44. The summed E-state index contributed by atoms with van der Waals surface area (Å²) in [6.07, 6.45) is 2.67. The Labute approximate surface area is 99.2 Å². The molecule has 1 heterocycles. The first-order valence-electron chi connectivity index (χ1n) is 4.46. The van der Waals surface area contributed by atoms with E-state index in [9.17, 15) is 18.0 Å². The molecule has 0 aliphatic rings. The highest BCUT2D eigenvalue weighted by atomic mass is 32.2. The summed E-state index contributed by atoms with van der Waals surface area (Å²) >= 11 is -0.421. The molecule has 0 atom stereocenters. The molecule has 0 unspecified atom stereocenters. The SMILES string of the molecule is O=C(CSC(F)(F)F)Nc1cnccc1CO. The lowest BCUT2D eigenvalue weighted by Crippen LogP contribution is -2.18. The van der Waals surface area contributed by atoms with Gasteiger partial charge in [0.2, 0.25) is 5.91 Å². The molecule has 0 spiro atoms. The zero-order valence-electron chi connectivity index (χ0n) is 8.49. The van der Waals surface area contributed by atoms with E-state index in [1.54, 1.807) is 0 Å². The van der Waals surface area contributed by atoms with Crippen LogP contribution in [-0.4, -0.2) is 27.3 Å². The van der Waals surface area contributed by atoms with E-state index in [0.29, 0.717) is 5.56 Å². The summed E-state index contributed by atoms with van der Waals surface area (Å²) in [5.41, 5.74) is -3.83. The number of anilines is 1. The van der Waals surface area contributed by atoms with E-state index in [-0.39, 0.29) is 12.3 Å². The van der Waals surface area contributed by atoms with Crippen LogP contribution in [0.25, 0.3) is 0 Å². The Bertz CT molecular complexity index is 398. The van der Waals surface area contributed by atoms with Gasteiger partial charge in [0.25, 0.3) is 0 Å². The molecule has 1 aromatic heterocycles. The van der Waals surface area contributed by atoms with Crippen molar-refractivity contribution in [1.29, 1.82) is 0 Å². The van der Waals surface area contributed by atoms with Crippen LogP contribution >= 0.6 is 11.8 Å². The van der Waals surface area contributed by atoms with Crippen molar-refractivity contribution in [2.24, 2.45) is 0 Å². The first-order valence-corrected chi connectivity index (χ1v) is 5.45. The number of pyridine rings is 1. The fourth-order valence-electron chi connectivity index (χ4n) is 1.01. The molecule has 1 rings (SSSR count). The van der Waals surface area contributed by atoms with Crippen LogP contribution in [0.2, 0.25) is 0 Å². The molecule has 0 aliphatic heterocycles. The molecule has 4 nitrogen and oxygen atoms in total. The highest BCUT2D eigenvalue weighted by Crippen LogP contribution is 2.30. The quantitative estimate of drug-likeness (QED) is 0.871. The minimum absolute atomic E-state index is 0.211. The number of alkyl halides is 3. The van der Waals surface area contributed by atoms with Crippen LogP contribution in [-0.2, 0) is 11.4 Å². The summed E-state index contributed by atoms with van der Waals surface area (Å²) in [5, 5.41) is 11.2. The normalized spacial score (nSPS) is 11.3. The third-order valence-corrected chi connectivity index (χ3v) is 2.46. The van der Waals surface area contributed by atoms with Crippen molar-refractivity contribution >= 4 is 23.4 Å². The molecule has 1 amide bonds. The number of nitrogens with one attached hydrogen (secondary N) is 1. The zero-order chi connectivity index (χ0) is 12.9. The number of aliphatic hydroxyl groups is 1. The number of rotatable bonds is 4. The van der Waals surface area contributed by atoms with Gasteiger partial charge in [0.1, 0.15) is 0 Å². The maximum atomic E-state index is 11.8. The number of carbonyl (C=O) groups is 1. The second-order valence-corrected chi connectivity index (χ2v) is 4.01. The maximum absolute atomic E-state index is 11.8. The molecule has 0 bridgehead atoms. The van der Waals surface area contributed by atoms with Crippen molar-refractivity contribution in [1.82, 2.24) is 4.98 Å². The number of thioether (sulfide) groups is 1. The first-order chi connectivity index (χ1) is 7.92. The minimum Gasteiger partial charge on any atom is -0.392 e. The lowest BCUT2D eigenvalue weighted by atomic mass is 10.2. The Kier molecular flexibility index (Phi) is 4.76. The van der Waals surface area contributed by atoms with Crippen molar-refractivity contribution in [2.45, 2.75) is 12.1 Å². The third kappa shape index (κ3) is 5.05. The van der Waals surface area contributed by atoms with Crippen LogP contribution in [0.3, 0.4) is 0 Å². The molecule has 0 saturated carbocycles. The lowest BCUT2D eigenvalue weighted by molar-refractivity contribution is -0.114. The lowest BCUT2D eigenvalue weighted by Gasteiger charge is -2.09. The van der Waals surface area contributed by atoms with Crippen LogP contribution in [0.1, 0.15) is 5.56 Å². The van der Waals surface area contributed by atoms with Crippen molar-refractivity contribution in [2.75, 3.05) is 11.1 Å². The Hall–Kier alpha value is -1.28. The van der Waals surface area contributed by atoms with Gasteiger partial charge in [-0.1, -0.05) is 0 Å². The molecule has 0 aliphatic carbocycles. The molecule has 94 valence electrons. The van der Waals surface area contributed by atoms with E-state index in [0.717, 1.165) is 0 Å².